The molecular weight excluding hydrogens is 142 g/mol. The van der Waals surface area contributed by atoms with Gasteiger partial charge in [0.05, 0.1) is 0 Å². The molecule has 0 fully saturated rings. The molecule has 0 aliphatic carbocycles. The lowest BCUT2D eigenvalue weighted by Gasteiger charge is -1.89. The summed E-state index contributed by atoms with van der Waals surface area (Å²) in [5, 5.41) is 6.50. The summed E-state index contributed by atoms with van der Waals surface area (Å²) >= 11 is 0. The molecule has 0 aliphatic heterocycles. The predicted octanol–water partition coefficient (Wildman–Crippen LogP) is 0.250. The molecule has 0 unspecified atom stereocenters. The fourth-order valence-corrected chi connectivity index (χ4v) is 0.820. The molecule has 0 atom stereocenters. The van der Waals surface area contributed by atoms with E-state index >= 15 is 0 Å². The van der Waals surface area contributed by atoms with Crippen molar-refractivity contribution in [3.05, 3.63) is 17.5 Å². The Morgan fingerprint density at radius 2 is 2.55 bits per heavy atom. The molecule has 0 spiro atoms. The van der Waals surface area contributed by atoms with E-state index in [0.717, 1.165) is 5.69 Å². The van der Waals surface area contributed by atoms with Gasteiger partial charge in [-0.2, -0.15) is 5.10 Å². The number of nitrogens with two attached hydrogens (primary N) is 1. The number of nitrogens with one attached hydrogen (secondary N) is 1. The Bertz CT molecular complexity index is 254. The van der Waals surface area contributed by atoms with Crippen LogP contribution in [0.5, 0.6) is 0 Å². The Morgan fingerprint density at radius 3 is 3.00 bits per heavy atom. The number of hydrogen-bond donors (Lipinski definition) is 2. The number of aromatic amines is 1. The van der Waals surface area contributed by atoms with Gasteiger partial charge >= 0.3 is 0 Å². The number of Topliss-reactive ketones (excluding diaryl/α,β-unsaturated/α-hetero) is 1. The first-order chi connectivity index (χ1) is 5.24. The number of aromatic nitrogens is 2. The minimum atomic E-state index is -0.00292. The molecule has 1 aromatic rings. The van der Waals surface area contributed by atoms with Crippen molar-refractivity contribution in [2.75, 3.05) is 6.54 Å². The third-order valence-electron chi connectivity index (χ3n) is 1.36. The summed E-state index contributed by atoms with van der Waals surface area (Å²) in [7, 11) is 0. The minimum absolute atomic E-state index is 0.00292. The smallest absolute Gasteiger partial charge is 0.184 e. The zero-order chi connectivity index (χ0) is 8.27. The fraction of sp³-hybridized carbons (Fsp3) is 0.429. The molecule has 60 valence electrons. The van der Waals surface area contributed by atoms with E-state index in [1.807, 2.05) is 6.92 Å². The maximum Gasteiger partial charge on any atom is 0.184 e. The molecule has 0 saturated heterocycles. The normalized spacial score (nSPS) is 10.0. The highest BCUT2D eigenvalue weighted by molar-refractivity contribution is 5.94. The molecule has 11 heavy (non-hydrogen) atoms. The maximum atomic E-state index is 11.1. The van der Waals surface area contributed by atoms with E-state index in [9.17, 15) is 4.79 Å². The zero-order valence-electron chi connectivity index (χ0n) is 6.42. The molecule has 1 heterocycles. The van der Waals surface area contributed by atoms with Gasteiger partial charge in [-0.25, -0.2) is 0 Å². The minimum Gasteiger partial charge on any atom is -0.330 e. The van der Waals surface area contributed by atoms with Crippen molar-refractivity contribution in [1.82, 2.24) is 10.2 Å². The second-order valence-electron chi connectivity index (χ2n) is 2.40. The lowest BCUT2D eigenvalue weighted by Crippen LogP contribution is -2.08. The Morgan fingerprint density at radius 1 is 1.82 bits per heavy atom. The van der Waals surface area contributed by atoms with Crippen LogP contribution in [0.15, 0.2) is 6.07 Å². The summed E-state index contributed by atoms with van der Waals surface area (Å²) in [4.78, 5) is 11.1. The van der Waals surface area contributed by atoms with Crippen LogP contribution in [0.4, 0.5) is 0 Å². The SMILES string of the molecule is Cc1cc(C(=O)CCN)n[nH]1. The number of rotatable bonds is 3. The van der Waals surface area contributed by atoms with Crippen LogP contribution >= 0.6 is 0 Å². The van der Waals surface area contributed by atoms with E-state index in [2.05, 4.69) is 10.2 Å². The van der Waals surface area contributed by atoms with Crippen molar-refractivity contribution in [2.45, 2.75) is 13.3 Å². The number of aryl methyl sites for hydroxylation is 1. The summed E-state index contributed by atoms with van der Waals surface area (Å²) < 4.78 is 0. The number of carbonyl (C=O) groups is 1. The lowest BCUT2D eigenvalue weighted by molar-refractivity contribution is 0.0980. The number of H-pyrrole nitrogens is 1. The highest BCUT2D eigenvalue weighted by atomic mass is 16.1. The average molecular weight is 153 g/mol. The highest BCUT2D eigenvalue weighted by Gasteiger charge is 2.06. The van der Waals surface area contributed by atoms with Gasteiger partial charge in [0, 0.05) is 12.1 Å². The first kappa shape index (κ1) is 7.94. The topological polar surface area (TPSA) is 71.8 Å². The van der Waals surface area contributed by atoms with Crippen molar-refractivity contribution in [3.63, 3.8) is 0 Å². The van der Waals surface area contributed by atoms with Crippen LogP contribution in [0, 0.1) is 6.92 Å². The third-order valence-corrected chi connectivity index (χ3v) is 1.36. The molecule has 4 heteroatoms. The van der Waals surface area contributed by atoms with E-state index in [4.69, 9.17) is 5.73 Å². The van der Waals surface area contributed by atoms with Gasteiger partial charge in [-0.05, 0) is 19.5 Å². The lowest BCUT2D eigenvalue weighted by atomic mass is 10.2. The van der Waals surface area contributed by atoms with Crippen molar-refractivity contribution < 1.29 is 4.79 Å². The molecule has 1 aromatic heterocycles. The Balaban J connectivity index is 2.69. The standard InChI is InChI=1S/C7H11N3O/c1-5-4-6(10-9-5)7(11)2-3-8/h4H,2-3,8H2,1H3,(H,9,10). The van der Waals surface area contributed by atoms with Gasteiger partial charge < -0.3 is 5.73 Å². The summed E-state index contributed by atoms with van der Waals surface area (Å²) in [6, 6.07) is 1.72. The molecule has 0 radical (unpaired) electrons. The molecule has 4 nitrogen and oxygen atoms in total. The molecule has 0 aromatic carbocycles. The first-order valence-corrected chi connectivity index (χ1v) is 3.49. The monoisotopic (exact) mass is 153 g/mol. The van der Waals surface area contributed by atoms with Gasteiger partial charge in [0.1, 0.15) is 5.69 Å². The molecule has 0 bridgehead atoms. The highest BCUT2D eigenvalue weighted by Crippen LogP contribution is 2.00. The van der Waals surface area contributed by atoms with Gasteiger partial charge in [0.15, 0.2) is 5.78 Å². The first-order valence-electron chi connectivity index (χ1n) is 3.49. The molecule has 3 N–H and O–H groups in total. The van der Waals surface area contributed by atoms with Crippen LogP contribution in [0.2, 0.25) is 0 Å². The Kier molecular flexibility index (Phi) is 2.38. The second kappa shape index (κ2) is 3.30. The average Bonchev–Trinajstić information content (AvgIpc) is 2.36. The van der Waals surface area contributed by atoms with Crippen molar-refractivity contribution in [3.8, 4) is 0 Å². The molecule has 1 rings (SSSR count). The van der Waals surface area contributed by atoms with Crippen LogP contribution in [0.25, 0.3) is 0 Å². The van der Waals surface area contributed by atoms with Crippen molar-refractivity contribution in [2.24, 2.45) is 5.73 Å². The zero-order valence-corrected chi connectivity index (χ0v) is 6.42. The summed E-state index contributed by atoms with van der Waals surface area (Å²) in [5.41, 5.74) is 6.59. The number of carbonyl (C=O) groups excluding carboxylic acids is 1. The largest absolute Gasteiger partial charge is 0.330 e. The maximum absolute atomic E-state index is 11.1. The number of ketones is 1. The van der Waals surface area contributed by atoms with E-state index in [1.54, 1.807) is 6.07 Å². The fourth-order valence-electron chi connectivity index (χ4n) is 0.820. The van der Waals surface area contributed by atoms with Gasteiger partial charge in [-0.3, -0.25) is 9.89 Å². The summed E-state index contributed by atoms with van der Waals surface area (Å²) in [5.74, 6) is -0.00292. The predicted molar refractivity (Wildman–Crippen MR) is 41.3 cm³/mol. The second-order valence-corrected chi connectivity index (χ2v) is 2.40. The van der Waals surface area contributed by atoms with Crippen molar-refractivity contribution >= 4 is 5.78 Å². The van der Waals surface area contributed by atoms with Crippen LogP contribution < -0.4 is 5.73 Å². The molecule has 0 saturated carbocycles. The summed E-state index contributed by atoms with van der Waals surface area (Å²) in [6.45, 7) is 2.23. The van der Waals surface area contributed by atoms with Gasteiger partial charge in [0.2, 0.25) is 0 Å². The van der Waals surface area contributed by atoms with Crippen LogP contribution in [0.3, 0.4) is 0 Å². The number of nitrogens with zero attached hydrogens (tertiary/aromatic N) is 1. The van der Waals surface area contributed by atoms with Crippen LogP contribution in [-0.2, 0) is 0 Å². The quantitative estimate of drug-likeness (QED) is 0.611. The van der Waals surface area contributed by atoms with Gasteiger partial charge in [-0.1, -0.05) is 0 Å². The van der Waals surface area contributed by atoms with E-state index in [1.165, 1.54) is 0 Å². The van der Waals surface area contributed by atoms with E-state index in [-0.39, 0.29) is 5.78 Å². The molecule has 0 aliphatic rings. The van der Waals surface area contributed by atoms with E-state index < -0.39 is 0 Å². The van der Waals surface area contributed by atoms with E-state index in [0.29, 0.717) is 18.7 Å². The number of hydrogen-bond acceptors (Lipinski definition) is 3. The molecular formula is C7H11N3O. The Labute approximate surface area is 64.8 Å². The van der Waals surface area contributed by atoms with Crippen molar-refractivity contribution in [1.29, 1.82) is 0 Å². The van der Waals surface area contributed by atoms with Gasteiger partial charge in [-0.15, -0.1) is 0 Å². The van der Waals surface area contributed by atoms with Crippen LogP contribution in [0.1, 0.15) is 22.6 Å². The molecule has 0 amide bonds. The Hall–Kier alpha value is -1.16. The summed E-state index contributed by atoms with van der Waals surface area (Å²) in [6.07, 6.45) is 0.365. The third kappa shape index (κ3) is 1.88. The van der Waals surface area contributed by atoms with Crippen LogP contribution in [-0.4, -0.2) is 22.5 Å². The van der Waals surface area contributed by atoms with Gasteiger partial charge in [0.25, 0.3) is 0 Å².